The predicted octanol–water partition coefficient (Wildman–Crippen LogP) is 3.50. The average Bonchev–Trinajstić information content (AvgIpc) is 2.18. The smallest absolute Gasteiger partial charge is 0.317 e. The molecule has 1 rings (SSSR count). The second kappa shape index (κ2) is 5.39. The first-order valence-corrected chi connectivity index (χ1v) is 6.26. The highest BCUT2D eigenvalue weighted by atomic mass is 32.2. The summed E-state index contributed by atoms with van der Waals surface area (Å²) in [6, 6.07) is 6.14. The number of rotatable bonds is 4. The van der Waals surface area contributed by atoms with Crippen molar-refractivity contribution in [2.75, 3.05) is 0 Å². The van der Waals surface area contributed by atoms with Crippen LogP contribution in [-0.2, 0) is 4.79 Å². The van der Waals surface area contributed by atoms with Crippen molar-refractivity contribution >= 4 is 17.7 Å². The Kier molecular flexibility index (Phi) is 4.42. The molecular weight excluding hydrogens is 220 g/mol. The van der Waals surface area contributed by atoms with E-state index in [4.69, 9.17) is 5.11 Å². The first-order chi connectivity index (χ1) is 7.41. The van der Waals surface area contributed by atoms with Gasteiger partial charge < -0.3 is 5.11 Å². The second-order valence-electron chi connectivity index (χ2n) is 4.39. The lowest BCUT2D eigenvalue weighted by molar-refractivity contribution is -0.137. The van der Waals surface area contributed by atoms with Crippen molar-refractivity contribution in [3.05, 3.63) is 29.3 Å². The zero-order valence-corrected chi connectivity index (χ0v) is 11.0. The molecule has 0 amide bonds. The number of thioether (sulfide) groups is 1. The zero-order chi connectivity index (χ0) is 12.3. The zero-order valence-electron chi connectivity index (χ0n) is 10.2. The first kappa shape index (κ1) is 13.1. The van der Waals surface area contributed by atoms with Crippen LogP contribution in [0.5, 0.6) is 0 Å². The Balaban J connectivity index is 2.93. The fourth-order valence-electron chi connectivity index (χ4n) is 1.44. The molecule has 0 aliphatic carbocycles. The third kappa shape index (κ3) is 3.27. The summed E-state index contributed by atoms with van der Waals surface area (Å²) in [5.41, 5.74) is 2.31. The summed E-state index contributed by atoms with van der Waals surface area (Å²) in [5.74, 6) is -0.608. The summed E-state index contributed by atoms with van der Waals surface area (Å²) in [7, 11) is 0. The summed E-state index contributed by atoms with van der Waals surface area (Å²) >= 11 is 1.45. The van der Waals surface area contributed by atoms with Gasteiger partial charge in [0.25, 0.3) is 0 Å². The molecule has 0 saturated carbocycles. The molecule has 0 aliphatic rings. The van der Waals surface area contributed by atoms with Gasteiger partial charge in [0.05, 0.1) is 0 Å². The van der Waals surface area contributed by atoms with Gasteiger partial charge in [-0.25, -0.2) is 0 Å². The molecule has 0 radical (unpaired) electrons. The fourth-order valence-corrected chi connectivity index (χ4v) is 2.60. The molecule has 88 valence electrons. The number of hydrogen-bond donors (Lipinski definition) is 1. The molecule has 0 fully saturated rings. The van der Waals surface area contributed by atoms with Gasteiger partial charge in [0.1, 0.15) is 5.25 Å². The summed E-state index contributed by atoms with van der Waals surface area (Å²) in [6.45, 7) is 7.92. The summed E-state index contributed by atoms with van der Waals surface area (Å²) in [5, 5.41) is 8.77. The molecule has 0 aliphatic heterocycles. The second-order valence-corrected chi connectivity index (χ2v) is 5.57. The highest BCUT2D eigenvalue weighted by Gasteiger charge is 2.23. The van der Waals surface area contributed by atoms with Gasteiger partial charge in [0, 0.05) is 4.90 Å². The predicted molar refractivity (Wildman–Crippen MR) is 68.0 cm³/mol. The van der Waals surface area contributed by atoms with Crippen LogP contribution in [0.2, 0.25) is 0 Å². The average molecular weight is 238 g/mol. The monoisotopic (exact) mass is 238 g/mol. The number of carbonyl (C=O) groups is 1. The largest absolute Gasteiger partial charge is 0.480 e. The van der Waals surface area contributed by atoms with Crippen LogP contribution in [0, 0.1) is 19.8 Å². The van der Waals surface area contributed by atoms with E-state index >= 15 is 0 Å². The van der Waals surface area contributed by atoms with Crippen molar-refractivity contribution in [2.24, 2.45) is 5.92 Å². The molecule has 1 N–H and O–H groups in total. The van der Waals surface area contributed by atoms with Crippen molar-refractivity contribution in [3.8, 4) is 0 Å². The minimum Gasteiger partial charge on any atom is -0.480 e. The fraction of sp³-hybridized carbons (Fsp3) is 0.462. The maximum Gasteiger partial charge on any atom is 0.317 e. The Hall–Kier alpha value is -0.960. The molecule has 3 heteroatoms. The quantitative estimate of drug-likeness (QED) is 0.816. The third-order valence-electron chi connectivity index (χ3n) is 2.45. The highest BCUT2D eigenvalue weighted by Crippen LogP contribution is 2.31. The topological polar surface area (TPSA) is 37.3 Å². The van der Waals surface area contributed by atoms with Gasteiger partial charge in [-0.05, 0) is 31.4 Å². The minimum absolute atomic E-state index is 0.127. The van der Waals surface area contributed by atoms with E-state index < -0.39 is 5.97 Å². The minimum atomic E-state index is -0.735. The van der Waals surface area contributed by atoms with Crippen molar-refractivity contribution in [1.82, 2.24) is 0 Å². The van der Waals surface area contributed by atoms with E-state index in [2.05, 4.69) is 6.07 Å². The Morgan fingerprint density at radius 3 is 2.44 bits per heavy atom. The Morgan fingerprint density at radius 2 is 1.94 bits per heavy atom. The van der Waals surface area contributed by atoms with E-state index in [1.807, 2.05) is 39.8 Å². The number of aliphatic carboxylic acids is 1. The van der Waals surface area contributed by atoms with E-state index in [0.717, 1.165) is 10.5 Å². The lowest BCUT2D eigenvalue weighted by Crippen LogP contribution is -2.22. The molecule has 0 heterocycles. The van der Waals surface area contributed by atoms with Crippen LogP contribution in [-0.4, -0.2) is 16.3 Å². The maximum absolute atomic E-state index is 11.1. The van der Waals surface area contributed by atoms with Crippen LogP contribution in [0.1, 0.15) is 25.0 Å². The number of aryl methyl sites for hydroxylation is 2. The number of benzene rings is 1. The molecule has 2 nitrogen and oxygen atoms in total. The molecular formula is C13H18O2S. The van der Waals surface area contributed by atoms with Crippen LogP contribution in [0.4, 0.5) is 0 Å². The van der Waals surface area contributed by atoms with E-state index in [0.29, 0.717) is 0 Å². The van der Waals surface area contributed by atoms with Crippen LogP contribution in [0.25, 0.3) is 0 Å². The van der Waals surface area contributed by atoms with E-state index in [1.54, 1.807) is 0 Å². The Bertz CT molecular complexity index is 386. The van der Waals surface area contributed by atoms with E-state index in [9.17, 15) is 4.79 Å². The molecule has 0 saturated heterocycles. The van der Waals surface area contributed by atoms with Gasteiger partial charge in [-0.15, -0.1) is 11.8 Å². The number of carboxylic acids is 1. The summed E-state index contributed by atoms with van der Waals surface area (Å²) < 4.78 is 0. The van der Waals surface area contributed by atoms with Crippen LogP contribution >= 0.6 is 11.8 Å². The van der Waals surface area contributed by atoms with E-state index in [-0.39, 0.29) is 11.2 Å². The molecule has 1 aromatic carbocycles. The molecule has 0 aromatic heterocycles. The van der Waals surface area contributed by atoms with Crippen LogP contribution in [0.3, 0.4) is 0 Å². The van der Waals surface area contributed by atoms with Crippen molar-refractivity contribution in [3.63, 3.8) is 0 Å². The van der Waals surface area contributed by atoms with Gasteiger partial charge >= 0.3 is 5.97 Å². The van der Waals surface area contributed by atoms with Crippen molar-refractivity contribution < 1.29 is 9.90 Å². The highest BCUT2D eigenvalue weighted by molar-refractivity contribution is 8.00. The molecule has 0 bridgehead atoms. The molecule has 1 unspecified atom stereocenters. The number of hydrogen-bond acceptors (Lipinski definition) is 2. The molecule has 0 spiro atoms. The summed E-state index contributed by atoms with van der Waals surface area (Å²) in [6.07, 6.45) is 0. The molecule has 16 heavy (non-hydrogen) atoms. The van der Waals surface area contributed by atoms with Gasteiger partial charge in [0.15, 0.2) is 0 Å². The van der Waals surface area contributed by atoms with Gasteiger partial charge in [-0.2, -0.15) is 0 Å². The van der Waals surface area contributed by atoms with E-state index in [1.165, 1.54) is 17.3 Å². The Morgan fingerprint density at radius 1 is 1.31 bits per heavy atom. The lowest BCUT2D eigenvalue weighted by Gasteiger charge is -2.17. The standard InChI is InChI=1S/C13H18O2S/c1-8(2)12(13(14)15)16-11-7-9(3)5-6-10(11)4/h5-8,12H,1-4H3,(H,14,15). The van der Waals surface area contributed by atoms with Gasteiger partial charge in [0.2, 0.25) is 0 Å². The normalized spacial score (nSPS) is 12.8. The SMILES string of the molecule is Cc1ccc(C)c(SC(C(=O)O)C(C)C)c1. The van der Waals surface area contributed by atoms with Crippen LogP contribution < -0.4 is 0 Å². The lowest BCUT2D eigenvalue weighted by atomic mass is 10.1. The van der Waals surface area contributed by atoms with Crippen molar-refractivity contribution in [1.29, 1.82) is 0 Å². The van der Waals surface area contributed by atoms with Gasteiger partial charge in [-0.3, -0.25) is 4.79 Å². The third-order valence-corrected chi connectivity index (χ3v) is 4.14. The summed E-state index contributed by atoms with van der Waals surface area (Å²) in [4.78, 5) is 12.2. The molecule has 1 atom stereocenters. The Labute approximate surface area is 101 Å². The maximum atomic E-state index is 11.1. The number of carboxylic acid groups (broad SMARTS) is 1. The van der Waals surface area contributed by atoms with Gasteiger partial charge in [-0.1, -0.05) is 31.5 Å². The molecule has 1 aromatic rings. The van der Waals surface area contributed by atoms with Crippen molar-refractivity contribution in [2.45, 2.75) is 37.8 Å². The van der Waals surface area contributed by atoms with Crippen LogP contribution in [0.15, 0.2) is 23.1 Å². The first-order valence-electron chi connectivity index (χ1n) is 5.38.